The summed E-state index contributed by atoms with van der Waals surface area (Å²) in [5.41, 5.74) is 0.909. The van der Waals surface area contributed by atoms with Gasteiger partial charge in [-0.15, -0.1) is 24.8 Å². The van der Waals surface area contributed by atoms with Gasteiger partial charge in [-0.25, -0.2) is 0 Å². The number of halogens is 4. The van der Waals surface area contributed by atoms with Gasteiger partial charge in [0.15, 0.2) is 0 Å². The molecule has 0 spiro atoms. The third kappa shape index (κ3) is 4.39. The van der Waals surface area contributed by atoms with Gasteiger partial charge in [0.25, 0.3) is 0 Å². The SMILES string of the molecule is CC[C@@H](c1c(Br)ccc(Cl)c1O)N1CCNCC1.Cl.Cl. The fourth-order valence-corrected chi connectivity index (χ4v) is 3.26. The van der Waals surface area contributed by atoms with Crippen LogP contribution in [-0.4, -0.2) is 36.2 Å². The van der Waals surface area contributed by atoms with E-state index in [1.165, 1.54) is 0 Å². The molecule has 1 saturated heterocycles. The van der Waals surface area contributed by atoms with Crippen LogP contribution in [-0.2, 0) is 0 Å². The average Bonchev–Trinajstić information content (AvgIpc) is 2.40. The first kappa shape index (κ1) is 20.3. The zero-order chi connectivity index (χ0) is 13.1. The number of hydrogen-bond donors (Lipinski definition) is 2. The molecular formula is C13H20BrCl3N2O. The molecule has 1 fully saturated rings. The van der Waals surface area contributed by atoms with Crippen molar-refractivity contribution in [2.24, 2.45) is 0 Å². The van der Waals surface area contributed by atoms with Gasteiger partial charge in [-0.3, -0.25) is 4.90 Å². The molecular weight excluding hydrogens is 386 g/mol. The van der Waals surface area contributed by atoms with Crippen molar-refractivity contribution >= 4 is 52.3 Å². The van der Waals surface area contributed by atoms with E-state index in [1.807, 2.05) is 6.07 Å². The molecule has 0 unspecified atom stereocenters. The summed E-state index contributed by atoms with van der Waals surface area (Å²) in [5.74, 6) is 0.205. The lowest BCUT2D eigenvalue weighted by Crippen LogP contribution is -2.45. The van der Waals surface area contributed by atoms with E-state index in [0.29, 0.717) is 5.02 Å². The molecule has 1 aromatic rings. The fraction of sp³-hybridized carbons (Fsp3) is 0.538. The highest BCUT2D eigenvalue weighted by Gasteiger charge is 2.25. The average molecular weight is 407 g/mol. The quantitative estimate of drug-likeness (QED) is 0.796. The highest BCUT2D eigenvalue weighted by atomic mass is 79.9. The lowest BCUT2D eigenvalue weighted by atomic mass is 10.0. The molecule has 20 heavy (non-hydrogen) atoms. The van der Waals surface area contributed by atoms with Crippen molar-refractivity contribution in [3.8, 4) is 5.75 Å². The van der Waals surface area contributed by atoms with E-state index in [9.17, 15) is 5.11 Å². The van der Waals surface area contributed by atoms with Crippen molar-refractivity contribution in [1.82, 2.24) is 10.2 Å². The number of benzene rings is 1. The van der Waals surface area contributed by atoms with Crippen LogP contribution < -0.4 is 5.32 Å². The van der Waals surface area contributed by atoms with Crippen LogP contribution in [0.1, 0.15) is 24.9 Å². The Morgan fingerprint density at radius 2 is 1.95 bits per heavy atom. The number of piperazine rings is 1. The molecule has 0 aliphatic carbocycles. The summed E-state index contributed by atoms with van der Waals surface area (Å²) in [6.07, 6.45) is 0.951. The minimum absolute atomic E-state index is 0. The van der Waals surface area contributed by atoms with Gasteiger partial charge in [-0.2, -0.15) is 0 Å². The van der Waals surface area contributed by atoms with Gasteiger partial charge < -0.3 is 10.4 Å². The maximum atomic E-state index is 10.2. The first-order chi connectivity index (χ1) is 8.65. The largest absolute Gasteiger partial charge is 0.506 e. The van der Waals surface area contributed by atoms with Crippen LogP contribution >= 0.6 is 52.3 Å². The zero-order valence-electron chi connectivity index (χ0n) is 11.2. The summed E-state index contributed by atoms with van der Waals surface area (Å²) in [7, 11) is 0. The highest BCUT2D eigenvalue weighted by Crippen LogP contribution is 2.40. The Labute approximate surface area is 146 Å². The van der Waals surface area contributed by atoms with E-state index in [4.69, 9.17) is 11.6 Å². The van der Waals surface area contributed by atoms with Crippen LogP contribution in [0.15, 0.2) is 16.6 Å². The van der Waals surface area contributed by atoms with Crippen LogP contribution in [0.2, 0.25) is 5.02 Å². The van der Waals surface area contributed by atoms with Crippen LogP contribution in [0, 0.1) is 0 Å². The van der Waals surface area contributed by atoms with Gasteiger partial charge in [-0.1, -0.05) is 34.5 Å². The van der Waals surface area contributed by atoms with Gasteiger partial charge >= 0.3 is 0 Å². The number of phenols is 1. The maximum Gasteiger partial charge on any atom is 0.140 e. The summed E-state index contributed by atoms with van der Waals surface area (Å²) in [6.45, 7) is 6.12. The molecule has 0 bridgehead atoms. The topological polar surface area (TPSA) is 35.5 Å². The lowest BCUT2D eigenvalue weighted by Gasteiger charge is -2.35. The van der Waals surface area contributed by atoms with Crippen molar-refractivity contribution in [3.05, 3.63) is 27.2 Å². The molecule has 2 N–H and O–H groups in total. The van der Waals surface area contributed by atoms with Gasteiger partial charge in [-0.05, 0) is 18.6 Å². The molecule has 116 valence electrons. The predicted octanol–water partition coefficient (Wildman–Crippen LogP) is 4.01. The second kappa shape index (κ2) is 9.34. The number of nitrogens with one attached hydrogen (secondary N) is 1. The Morgan fingerprint density at radius 3 is 2.50 bits per heavy atom. The predicted molar refractivity (Wildman–Crippen MR) is 92.8 cm³/mol. The van der Waals surface area contributed by atoms with Crippen molar-refractivity contribution < 1.29 is 5.11 Å². The Bertz CT molecular complexity index is 428. The van der Waals surface area contributed by atoms with Crippen molar-refractivity contribution in [2.45, 2.75) is 19.4 Å². The third-order valence-electron chi connectivity index (χ3n) is 3.43. The molecule has 0 saturated carbocycles. The normalized spacial score (nSPS) is 16.9. The van der Waals surface area contributed by atoms with E-state index in [1.54, 1.807) is 6.07 Å². The molecule has 1 aromatic carbocycles. The number of rotatable bonds is 3. The van der Waals surface area contributed by atoms with Crippen LogP contribution in [0.4, 0.5) is 0 Å². The van der Waals surface area contributed by atoms with Gasteiger partial charge in [0.05, 0.1) is 5.02 Å². The van der Waals surface area contributed by atoms with Crippen LogP contribution in [0.3, 0.4) is 0 Å². The minimum atomic E-state index is 0. The molecule has 0 radical (unpaired) electrons. The van der Waals surface area contributed by atoms with Crippen LogP contribution in [0.25, 0.3) is 0 Å². The van der Waals surface area contributed by atoms with E-state index >= 15 is 0 Å². The second-order valence-corrected chi connectivity index (χ2v) is 5.76. The zero-order valence-corrected chi connectivity index (χ0v) is 15.2. The van der Waals surface area contributed by atoms with Gasteiger partial charge in [0, 0.05) is 42.3 Å². The molecule has 2 rings (SSSR count). The standard InChI is InChI=1S/C13H18BrClN2O.2ClH/c1-2-11(17-7-5-16-6-8-17)12-9(14)3-4-10(15)13(12)18;;/h3-4,11,16,18H,2,5-8H2,1H3;2*1H/t11-;;/m0../s1. The smallest absolute Gasteiger partial charge is 0.140 e. The second-order valence-electron chi connectivity index (χ2n) is 4.50. The molecule has 1 atom stereocenters. The summed E-state index contributed by atoms with van der Waals surface area (Å²) >= 11 is 9.55. The van der Waals surface area contributed by atoms with E-state index in [2.05, 4.69) is 33.1 Å². The monoisotopic (exact) mass is 404 g/mol. The summed E-state index contributed by atoms with van der Waals surface area (Å²) < 4.78 is 0.926. The van der Waals surface area contributed by atoms with Gasteiger partial charge in [0.1, 0.15) is 5.75 Å². The Balaban J connectivity index is 0.00000180. The third-order valence-corrected chi connectivity index (χ3v) is 4.42. The first-order valence-electron chi connectivity index (χ1n) is 6.26. The van der Waals surface area contributed by atoms with E-state index in [-0.39, 0.29) is 36.6 Å². The van der Waals surface area contributed by atoms with Crippen LogP contribution in [0.5, 0.6) is 5.75 Å². The highest BCUT2D eigenvalue weighted by molar-refractivity contribution is 9.10. The maximum absolute atomic E-state index is 10.2. The van der Waals surface area contributed by atoms with Crippen molar-refractivity contribution in [3.63, 3.8) is 0 Å². The number of hydrogen-bond acceptors (Lipinski definition) is 3. The first-order valence-corrected chi connectivity index (χ1v) is 7.44. The Morgan fingerprint density at radius 1 is 1.35 bits per heavy atom. The fourth-order valence-electron chi connectivity index (χ4n) is 2.51. The molecule has 0 amide bonds. The summed E-state index contributed by atoms with van der Waals surface area (Å²) in [6, 6.07) is 3.83. The van der Waals surface area contributed by atoms with Crippen molar-refractivity contribution in [1.29, 1.82) is 0 Å². The molecule has 1 heterocycles. The molecule has 0 aromatic heterocycles. The Kier molecular flexibility index (Phi) is 9.47. The number of phenolic OH excluding ortho intramolecular Hbond substituents is 1. The van der Waals surface area contributed by atoms with Crippen molar-refractivity contribution in [2.75, 3.05) is 26.2 Å². The Hall–Kier alpha value is 0.290. The van der Waals surface area contributed by atoms with Gasteiger partial charge in [0.2, 0.25) is 0 Å². The van der Waals surface area contributed by atoms with E-state index < -0.39 is 0 Å². The molecule has 1 aliphatic heterocycles. The summed E-state index contributed by atoms with van der Waals surface area (Å²) in [5, 5.41) is 14.0. The summed E-state index contributed by atoms with van der Waals surface area (Å²) in [4.78, 5) is 2.40. The number of nitrogens with zero attached hydrogens (tertiary/aromatic N) is 1. The molecule has 3 nitrogen and oxygen atoms in total. The lowest BCUT2D eigenvalue weighted by molar-refractivity contribution is 0.166. The van der Waals surface area contributed by atoms with E-state index in [0.717, 1.165) is 42.6 Å². The number of aromatic hydroxyl groups is 1. The molecule has 1 aliphatic rings. The minimum Gasteiger partial charge on any atom is -0.506 e. The molecule has 7 heteroatoms.